The van der Waals surface area contributed by atoms with Gasteiger partial charge in [-0.15, -0.1) is 0 Å². The fraction of sp³-hybridized carbons (Fsp3) is 0.417. The molecule has 18 heavy (non-hydrogen) atoms. The largest absolute Gasteiger partial charge is 0.373 e. The summed E-state index contributed by atoms with van der Waals surface area (Å²) >= 11 is 0. The molecule has 1 rings (SSSR count). The number of hydrogen-bond acceptors (Lipinski definition) is 4. The molecule has 0 saturated heterocycles. The summed E-state index contributed by atoms with van der Waals surface area (Å²) in [6.45, 7) is 2.14. The van der Waals surface area contributed by atoms with Crippen molar-refractivity contribution in [3.05, 3.63) is 23.4 Å². The second-order valence-electron chi connectivity index (χ2n) is 3.81. The van der Waals surface area contributed by atoms with E-state index >= 15 is 0 Å². The second kappa shape index (κ2) is 6.58. The van der Waals surface area contributed by atoms with Crippen LogP contribution in [0.4, 0.5) is 5.82 Å². The van der Waals surface area contributed by atoms with Gasteiger partial charge >= 0.3 is 0 Å². The van der Waals surface area contributed by atoms with Crippen molar-refractivity contribution in [1.82, 2.24) is 15.6 Å². The highest BCUT2D eigenvalue weighted by atomic mass is 16.2. The molecule has 0 saturated carbocycles. The van der Waals surface area contributed by atoms with E-state index in [4.69, 9.17) is 0 Å². The molecule has 0 aliphatic heterocycles. The number of anilines is 1. The minimum atomic E-state index is -0.207. The van der Waals surface area contributed by atoms with Gasteiger partial charge < -0.3 is 16.0 Å². The van der Waals surface area contributed by atoms with Crippen molar-refractivity contribution in [3.63, 3.8) is 0 Å². The van der Waals surface area contributed by atoms with E-state index in [1.807, 2.05) is 6.92 Å². The number of nitrogens with one attached hydrogen (secondary N) is 3. The van der Waals surface area contributed by atoms with E-state index in [0.717, 1.165) is 5.69 Å². The van der Waals surface area contributed by atoms with Gasteiger partial charge in [0.05, 0.1) is 0 Å². The van der Waals surface area contributed by atoms with Crippen LogP contribution in [0.25, 0.3) is 0 Å². The molecule has 2 amide bonds. The Labute approximate surface area is 106 Å². The van der Waals surface area contributed by atoms with Crippen LogP contribution in [0.1, 0.15) is 22.5 Å². The van der Waals surface area contributed by atoms with Crippen LogP contribution in [0.15, 0.2) is 12.1 Å². The molecule has 6 nitrogen and oxygen atoms in total. The Morgan fingerprint density at radius 2 is 2.00 bits per heavy atom. The Morgan fingerprint density at radius 3 is 2.61 bits per heavy atom. The van der Waals surface area contributed by atoms with Gasteiger partial charge in [0.25, 0.3) is 5.91 Å². The molecule has 0 atom stereocenters. The van der Waals surface area contributed by atoms with Crippen LogP contribution < -0.4 is 16.0 Å². The molecule has 0 unspecified atom stereocenters. The number of amides is 2. The van der Waals surface area contributed by atoms with Gasteiger partial charge in [0.15, 0.2) is 0 Å². The van der Waals surface area contributed by atoms with Crippen molar-refractivity contribution in [2.24, 2.45) is 0 Å². The SMILES string of the molecule is CNC(=O)CCNC(=O)c1cc(C)nc(NC)c1. The summed E-state index contributed by atoms with van der Waals surface area (Å²) in [5.41, 5.74) is 1.29. The summed E-state index contributed by atoms with van der Waals surface area (Å²) in [7, 11) is 3.31. The third kappa shape index (κ3) is 4.04. The van der Waals surface area contributed by atoms with Crippen LogP contribution in [-0.2, 0) is 4.79 Å². The Balaban J connectivity index is 2.61. The van der Waals surface area contributed by atoms with E-state index < -0.39 is 0 Å². The molecule has 0 bridgehead atoms. The Hall–Kier alpha value is -2.11. The Kier molecular flexibility index (Phi) is 5.10. The summed E-state index contributed by atoms with van der Waals surface area (Å²) in [6, 6.07) is 3.37. The molecular formula is C12H18N4O2. The summed E-state index contributed by atoms with van der Waals surface area (Å²) in [4.78, 5) is 27.0. The average molecular weight is 250 g/mol. The lowest BCUT2D eigenvalue weighted by molar-refractivity contribution is -0.120. The van der Waals surface area contributed by atoms with Gasteiger partial charge in [-0.05, 0) is 19.1 Å². The average Bonchev–Trinajstić information content (AvgIpc) is 2.37. The first kappa shape index (κ1) is 14.0. The normalized spacial score (nSPS) is 9.72. The summed E-state index contributed by atoms with van der Waals surface area (Å²) in [6.07, 6.45) is 0.269. The van der Waals surface area contributed by atoms with Gasteiger partial charge in [-0.2, -0.15) is 0 Å². The molecule has 1 aromatic heterocycles. The molecule has 6 heteroatoms. The zero-order chi connectivity index (χ0) is 13.5. The van der Waals surface area contributed by atoms with E-state index in [2.05, 4.69) is 20.9 Å². The van der Waals surface area contributed by atoms with Gasteiger partial charge in [-0.3, -0.25) is 9.59 Å². The Bertz CT molecular complexity index is 446. The highest BCUT2D eigenvalue weighted by Crippen LogP contribution is 2.09. The fourth-order valence-electron chi connectivity index (χ4n) is 1.44. The molecule has 0 aliphatic rings. The zero-order valence-corrected chi connectivity index (χ0v) is 10.8. The number of hydrogen-bond donors (Lipinski definition) is 3. The predicted octanol–water partition coefficient (Wildman–Crippen LogP) is 0.298. The number of aryl methyl sites for hydroxylation is 1. The van der Waals surface area contributed by atoms with Gasteiger partial charge in [-0.25, -0.2) is 4.98 Å². The number of carbonyl (C=O) groups is 2. The first-order valence-corrected chi connectivity index (χ1v) is 5.72. The number of nitrogens with zero attached hydrogens (tertiary/aromatic N) is 1. The smallest absolute Gasteiger partial charge is 0.251 e. The van der Waals surface area contributed by atoms with Crippen LogP contribution in [0.3, 0.4) is 0 Å². The first-order chi connectivity index (χ1) is 8.56. The van der Waals surface area contributed by atoms with E-state index in [0.29, 0.717) is 17.9 Å². The number of rotatable bonds is 5. The second-order valence-corrected chi connectivity index (χ2v) is 3.81. The molecule has 0 spiro atoms. The summed E-state index contributed by atoms with van der Waals surface area (Å²) < 4.78 is 0. The van der Waals surface area contributed by atoms with Gasteiger partial charge in [-0.1, -0.05) is 0 Å². The predicted molar refractivity (Wildman–Crippen MR) is 69.5 cm³/mol. The third-order valence-corrected chi connectivity index (χ3v) is 2.39. The Morgan fingerprint density at radius 1 is 1.28 bits per heavy atom. The quantitative estimate of drug-likeness (QED) is 0.701. The number of carbonyl (C=O) groups excluding carboxylic acids is 2. The fourth-order valence-corrected chi connectivity index (χ4v) is 1.44. The molecule has 1 heterocycles. The minimum absolute atomic E-state index is 0.0999. The van der Waals surface area contributed by atoms with Crippen LogP contribution in [0, 0.1) is 6.92 Å². The van der Waals surface area contributed by atoms with Gasteiger partial charge in [0, 0.05) is 38.3 Å². The molecule has 1 aromatic rings. The maximum absolute atomic E-state index is 11.8. The topological polar surface area (TPSA) is 83.1 Å². The van der Waals surface area contributed by atoms with Crippen LogP contribution in [-0.4, -0.2) is 37.4 Å². The van der Waals surface area contributed by atoms with E-state index in [1.54, 1.807) is 26.2 Å². The van der Waals surface area contributed by atoms with Gasteiger partial charge in [0.2, 0.25) is 5.91 Å². The van der Waals surface area contributed by atoms with E-state index in [-0.39, 0.29) is 18.2 Å². The van der Waals surface area contributed by atoms with Crippen LogP contribution in [0.2, 0.25) is 0 Å². The third-order valence-electron chi connectivity index (χ3n) is 2.39. The highest BCUT2D eigenvalue weighted by molar-refractivity contribution is 5.95. The van der Waals surface area contributed by atoms with Crippen LogP contribution >= 0.6 is 0 Å². The van der Waals surface area contributed by atoms with E-state index in [1.165, 1.54) is 0 Å². The van der Waals surface area contributed by atoms with Crippen molar-refractivity contribution in [3.8, 4) is 0 Å². The van der Waals surface area contributed by atoms with Crippen LogP contribution in [0.5, 0.6) is 0 Å². The number of pyridine rings is 1. The molecule has 0 radical (unpaired) electrons. The summed E-state index contributed by atoms with van der Waals surface area (Å²) in [5, 5.41) is 8.07. The zero-order valence-electron chi connectivity index (χ0n) is 10.8. The van der Waals surface area contributed by atoms with E-state index in [9.17, 15) is 9.59 Å². The first-order valence-electron chi connectivity index (χ1n) is 5.72. The molecule has 3 N–H and O–H groups in total. The molecular weight excluding hydrogens is 232 g/mol. The lowest BCUT2D eigenvalue weighted by Gasteiger charge is -2.07. The van der Waals surface area contributed by atoms with Gasteiger partial charge in [0.1, 0.15) is 5.82 Å². The molecule has 0 aromatic carbocycles. The minimum Gasteiger partial charge on any atom is -0.373 e. The lowest BCUT2D eigenvalue weighted by Crippen LogP contribution is -2.29. The highest BCUT2D eigenvalue weighted by Gasteiger charge is 2.08. The number of aromatic nitrogens is 1. The molecule has 98 valence electrons. The lowest BCUT2D eigenvalue weighted by atomic mass is 10.2. The maximum Gasteiger partial charge on any atom is 0.251 e. The maximum atomic E-state index is 11.8. The monoisotopic (exact) mass is 250 g/mol. The summed E-state index contributed by atoms with van der Waals surface area (Å²) in [5.74, 6) is 0.337. The molecule has 0 aliphatic carbocycles. The van der Waals surface area contributed by atoms with Crippen molar-refractivity contribution in [2.75, 3.05) is 26.0 Å². The van der Waals surface area contributed by atoms with Crippen molar-refractivity contribution < 1.29 is 9.59 Å². The van der Waals surface area contributed by atoms with Crippen molar-refractivity contribution in [2.45, 2.75) is 13.3 Å². The standard InChI is InChI=1S/C12H18N4O2/c1-8-6-9(7-10(13-2)16-8)12(18)15-5-4-11(17)14-3/h6-7H,4-5H2,1-3H3,(H,13,16)(H,14,17)(H,15,18). The molecule has 0 fully saturated rings. The van der Waals surface area contributed by atoms with Crippen molar-refractivity contribution >= 4 is 17.6 Å². The van der Waals surface area contributed by atoms with Crippen molar-refractivity contribution in [1.29, 1.82) is 0 Å².